The van der Waals surface area contributed by atoms with E-state index in [2.05, 4.69) is 26.1 Å². The summed E-state index contributed by atoms with van der Waals surface area (Å²) in [6.45, 7) is -0.101. The fourth-order valence-electron chi connectivity index (χ4n) is 1.59. The van der Waals surface area contributed by atoms with Gasteiger partial charge < -0.3 is 14.7 Å². The van der Waals surface area contributed by atoms with Gasteiger partial charge in [0.1, 0.15) is 0 Å². The van der Waals surface area contributed by atoms with Gasteiger partial charge in [-0.2, -0.15) is 0 Å². The van der Waals surface area contributed by atoms with E-state index in [1.807, 2.05) is 0 Å². The van der Waals surface area contributed by atoms with E-state index in [4.69, 9.17) is 15.8 Å². The first-order valence-corrected chi connectivity index (χ1v) is 16.5. The maximum absolute atomic E-state index is 10.5. The quantitative estimate of drug-likeness (QED) is 0.0456. The van der Waals surface area contributed by atoms with Crippen molar-refractivity contribution in [1.82, 2.24) is 0 Å². The van der Waals surface area contributed by atoms with Gasteiger partial charge in [0.15, 0.2) is 0 Å². The standard InChI is InChI=1S/C8H10AsNO4S.C6H6AsNO.C2H5BrO3S.CH2O3.4Na/c11-9-7-1-3-8(4-2-7)10-5-6-15(12,13)14;8-6-3-1-5(7-9)2-4-6;3-1-2-7(4,5)6;2-1-4-3;;;;/h1-4,10H,5-6H2,(H,12,13,14);1-4H,8H2;1-2H2,(H,4,5,6);1,3H;;;;/q;;;;;3*+1/p-3. The van der Waals surface area contributed by atoms with E-state index in [0.717, 1.165) is 8.70 Å². The van der Waals surface area contributed by atoms with E-state index >= 15 is 0 Å². The zero-order valence-corrected chi connectivity index (χ0v) is 36.7. The van der Waals surface area contributed by atoms with E-state index < -0.39 is 57.4 Å². The van der Waals surface area contributed by atoms with E-state index in [-0.39, 0.29) is 142 Å². The van der Waals surface area contributed by atoms with Crippen molar-refractivity contribution in [2.24, 2.45) is 0 Å². The molecule has 0 unspecified atom stereocenters. The zero-order chi connectivity index (χ0) is 27.3. The Kier molecular flexibility index (Phi) is 46.2. The van der Waals surface area contributed by atoms with E-state index in [0.29, 0.717) is 11.4 Å². The number of hydrogen-bond acceptors (Lipinski definition) is 13. The average Bonchev–Trinajstić information content (AvgIpc) is 2.79. The molecule has 0 fully saturated rings. The van der Waals surface area contributed by atoms with Gasteiger partial charge in [0, 0.05) is 40.6 Å². The van der Waals surface area contributed by atoms with Crippen LogP contribution in [0.2, 0.25) is 0 Å². The first-order chi connectivity index (χ1) is 16.3. The first-order valence-electron chi connectivity index (χ1n) is 8.83. The maximum Gasteiger partial charge on any atom is 1.00 e. The summed E-state index contributed by atoms with van der Waals surface area (Å²) in [7, 11) is -8.14. The molecule has 0 amide bonds. The molecule has 0 atom stereocenters. The predicted octanol–water partition coefficient (Wildman–Crippen LogP) is -11.7. The molecular weight excluding hydrogens is 794 g/mol. The van der Waals surface area contributed by atoms with Crippen LogP contribution in [0.1, 0.15) is 0 Å². The van der Waals surface area contributed by atoms with Gasteiger partial charge in [0.25, 0.3) is 6.47 Å². The van der Waals surface area contributed by atoms with Crippen molar-refractivity contribution in [3.63, 3.8) is 0 Å². The van der Waals surface area contributed by atoms with Crippen molar-refractivity contribution < 1.29 is 137 Å². The fourth-order valence-corrected chi connectivity index (χ4v) is 4.46. The summed E-state index contributed by atoms with van der Waals surface area (Å²) < 4.78 is 82.3. The van der Waals surface area contributed by atoms with Crippen LogP contribution in [-0.2, 0) is 37.4 Å². The minimum absolute atomic E-state index is 0. The molecule has 2 aromatic carbocycles. The largest absolute Gasteiger partial charge is 1.00 e. The summed E-state index contributed by atoms with van der Waals surface area (Å²) in [5.74, 6) is -0.769. The third kappa shape index (κ3) is 40.5. The van der Waals surface area contributed by atoms with Gasteiger partial charge in [-0.3, -0.25) is 4.79 Å². The van der Waals surface area contributed by atoms with Crippen LogP contribution >= 0.6 is 15.9 Å². The molecule has 0 saturated carbocycles. The predicted molar refractivity (Wildman–Crippen MR) is 134 cm³/mol. The number of hydrogen-bond donors (Lipinski definition) is 2. The van der Waals surface area contributed by atoms with Gasteiger partial charge in [-0.05, 0) is 0 Å². The summed E-state index contributed by atoms with van der Waals surface area (Å²) >= 11 is 0.891. The summed E-state index contributed by atoms with van der Waals surface area (Å²) in [6, 6.07) is 13.8. The normalized spacial score (nSPS) is 9.33. The monoisotopic (exact) mass is 813 g/mol. The third-order valence-electron chi connectivity index (χ3n) is 3.02. The van der Waals surface area contributed by atoms with Crippen molar-refractivity contribution in [3.8, 4) is 0 Å². The molecule has 3 N–H and O–H groups in total. The summed E-state index contributed by atoms with van der Waals surface area (Å²) in [5, 5.41) is 11.4. The van der Waals surface area contributed by atoms with Crippen molar-refractivity contribution in [2.75, 3.05) is 34.4 Å². The molecule has 0 heterocycles. The number of nitrogens with two attached hydrogens (primary N) is 1. The van der Waals surface area contributed by atoms with Gasteiger partial charge in [-0.25, -0.2) is 8.42 Å². The molecule has 0 bridgehead atoms. The summed E-state index contributed by atoms with van der Waals surface area (Å²) in [6.07, 6.45) is 0. The maximum atomic E-state index is 10.5. The Morgan fingerprint density at radius 3 is 1.46 bits per heavy atom. The Labute approximate surface area is 337 Å². The Bertz CT molecular complexity index is 1100. The third-order valence-corrected chi connectivity index (χ3v) is 7.48. The molecule has 1 radical (unpaired) electrons. The van der Waals surface area contributed by atoms with Crippen molar-refractivity contribution >= 4 is 124 Å². The Balaban J connectivity index is -0.0000000989. The van der Waals surface area contributed by atoms with Gasteiger partial charge in [0.2, 0.25) is 0 Å². The van der Waals surface area contributed by atoms with Crippen LogP contribution < -0.4 is 114 Å². The Morgan fingerprint density at radius 1 is 0.846 bits per heavy atom. The van der Waals surface area contributed by atoms with Crippen LogP contribution in [0.15, 0.2) is 48.5 Å². The van der Waals surface area contributed by atoms with Crippen LogP contribution in [0.25, 0.3) is 0 Å². The van der Waals surface area contributed by atoms with Gasteiger partial charge in [-0.15, -0.1) is 0 Å². The van der Waals surface area contributed by atoms with Gasteiger partial charge >= 0.3 is 243 Å². The van der Waals surface area contributed by atoms with E-state index in [9.17, 15) is 33.4 Å². The van der Waals surface area contributed by atoms with Gasteiger partial charge in [-0.1, -0.05) is 15.9 Å². The molecule has 0 aliphatic heterocycles. The van der Waals surface area contributed by atoms with Crippen LogP contribution in [-0.4, -0.2) is 117 Å². The number of rotatable bonds is 9. The van der Waals surface area contributed by atoms with E-state index in [1.165, 1.54) is 0 Å². The molecular formula is C17H20As2BrN2Na4O11S2. The molecule has 0 aliphatic carbocycles. The molecule has 22 heteroatoms. The number of anilines is 2. The van der Waals surface area contributed by atoms with Gasteiger partial charge in [0.05, 0.1) is 10.1 Å². The minimum Gasteiger partial charge on any atom is 0 e. The van der Waals surface area contributed by atoms with Crippen molar-refractivity contribution in [1.29, 1.82) is 0 Å². The average molecular weight is 814 g/mol. The molecule has 0 aliphatic rings. The SMILES string of the molecule is Nc1ccc([As]=O)cc1.O=CO[O-].O=S(=O)([O-])CCBr.O=[As]c1ccc(NCCS(=O)(=O)[O-])cc1.[Na+].[Na+].[Na+].[Na]. The molecule has 2 rings (SSSR count). The molecule has 39 heavy (non-hydrogen) atoms. The number of nitrogens with one attached hydrogen (secondary N) is 1. The number of halogens is 1. The first kappa shape index (κ1) is 54.0. The van der Waals surface area contributed by atoms with Crippen LogP contribution in [0, 0.1) is 0 Å². The fraction of sp³-hybridized carbons (Fsp3) is 0.235. The second kappa shape index (κ2) is 33.4. The smallest absolute Gasteiger partial charge is 0 e. The number of carbonyl (C=O) groups excluding carboxylic acids is 1. The molecule has 197 valence electrons. The summed E-state index contributed by atoms with van der Waals surface area (Å²) in [5.41, 5.74) is 6.81. The Morgan fingerprint density at radius 2 is 1.21 bits per heavy atom. The minimum atomic E-state index is -4.16. The second-order valence-corrected chi connectivity index (χ2v) is 12.4. The number of carbonyl (C=O) groups is 1. The topological polar surface area (TPSA) is 236 Å². The van der Waals surface area contributed by atoms with E-state index in [1.54, 1.807) is 48.5 Å². The Hall–Kier alpha value is 2.49. The molecule has 0 saturated heterocycles. The molecule has 0 aromatic heterocycles. The molecule has 2 aromatic rings. The molecule has 13 nitrogen and oxygen atoms in total. The summed E-state index contributed by atoms with van der Waals surface area (Å²) in [4.78, 5) is 11.2. The number of benzene rings is 2. The van der Waals surface area contributed by atoms with Crippen LogP contribution in [0.4, 0.5) is 11.4 Å². The van der Waals surface area contributed by atoms with Crippen molar-refractivity contribution in [3.05, 3.63) is 48.5 Å². The molecule has 0 spiro atoms. The van der Waals surface area contributed by atoms with Crippen molar-refractivity contribution in [2.45, 2.75) is 0 Å². The van der Waals surface area contributed by atoms with Crippen LogP contribution in [0.5, 0.6) is 0 Å². The zero-order valence-electron chi connectivity index (χ0n) is 21.7. The second-order valence-electron chi connectivity index (χ2n) is 5.65. The van der Waals surface area contributed by atoms with Crippen LogP contribution in [0.3, 0.4) is 0 Å². The number of alkyl halides is 1. The number of nitrogen functional groups attached to an aromatic ring is 1.